The predicted molar refractivity (Wildman–Crippen MR) is 136 cm³/mol. The van der Waals surface area contributed by atoms with Crippen molar-refractivity contribution >= 4 is 34.4 Å². The predicted octanol–water partition coefficient (Wildman–Crippen LogP) is 5.21. The van der Waals surface area contributed by atoms with Crippen LogP contribution >= 0.6 is 11.6 Å². The third-order valence-corrected chi connectivity index (χ3v) is 8.77. The van der Waals surface area contributed by atoms with E-state index >= 15 is 0 Å². The summed E-state index contributed by atoms with van der Waals surface area (Å²) in [6.45, 7) is 7.16. The standard InChI is InChI=1S/C26H33ClN6O2/c1-16(12-31-13-18(27)11-29-31)24-30-23-20-4-3-17(2)32(25(34)35)21(20)5-6-22(23)33(24)19-7-9-26(10-8-19)14-28-15-26/h5-6,11,13,16-17,19,28H,3-4,7-10,12,14-15H2,1-2H3,(H,34,35). The quantitative estimate of drug-likeness (QED) is 0.517. The number of rotatable bonds is 4. The first-order chi connectivity index (χ1) is 16.8. The van der Waals surface area contributed by atoms with Crippen molar-refractivity contribution in [2.45, 2.75) is 76.9 Å². The molecule has 8 nitrogen and oxygen atoms in total. The van der Waals surface area contributed by atoms with Crippen LogP contribution in [0.3, 0.4) is 0 Å². The summed E-state index contributed by atoms with van der Waals surface area (Å²) < 4.78 is 4.36. The number of benzene rings is 1. The number of fused-ring (bicyclic) bond motifs is 3. The number of anilines is 1. The molecule has 6 rings (SSSR count). The number of hydrogen-bond acceptors (Lipinski definition) is 4. The van der Waals surface area contributed by atoms with Crippen LogP contribution in [0.15, 0.2) is 24.5 Å². The molecule has 2 fully saturated rings. The van der Waals surface area contributed by atoms with Gasteiger partial charge in [0.25, 0.3) is 0 Å². The summed E-state index contributed by atoms with van der Waals surface area (Å²) in [5, 5.41) is 18.4. The van der Waals surface area contributed by atoms with Crippen LogP contribution in [0.5, 0.6) is 0 Å². The Hall–Kier alpha value is -2.58. The largest absolute Gasteiger partial charge is 0.465 e. The number of hydrogen-bond donors (Lipinski definition) is 2. The molecular formula is C26H33ClN6O2. The molecule has 35 heavy (non-hydrogen) atoms. The van der Waals surface area contributed by atoms with Gasteiger partial charge in [0.1, 0.15) is 5.82 Å². The van der Waals surface area contributed by atoms with E-state index in [1.54, 1.807) is 6.20 Å². The Morgan fingerprint density at radius 1 is 1.29 bits per heavy atom. The van der Waals surface area contributed by atoms with Gasteiger partial charge < -0.3 is 15.0 Å². The van der Waals surface area contributed by atoms with Gasteiger partial charge in [-0.15, -0.1) is 0 Å². The highest BCUT2D eigenvalue weighted by atomic mass is 35.5. The average Bonchev–Trinajstić information content (AvgIpc) is 3.40. The second kappa shape index (κ2) is 8.52. The van der Waals surface area contributed by atoms with Gasteiger partial charge >= 0.3 is 6.09 Å². The third kappa shape index (κ3) is 3.82. The maximum Gasteiger partial charge on any atom is 0.412 e. The van der Waals surface area contributed by atoms with E-state index in [0.29, 0.717) is 23.0 Å². The van der Waals surface area contributed by atoms with Crippen molar-refractivity contribution in [1.82, 2.24) is 24.6 Å². The molecule has 1 saturated carbocycles. The van der Waals surface area contributed by atoms with Crippen LogP contribution in [0.4, 0.5) is 10.5 Å². The molecule has 2 aliphatic heterocycles. The van der Waals surface area contributed by atoms with Crippen LogP contribution in [0.25, 0.3) is 11.0 Å². The van der Waals surface area contributed by atoms with Crippen LogP contribution < -0.4 is 10.2 Å². The maximum atomic E-state index is 12.1. The molecule has 2 aromatic heterocycles. The molecule has 2 unspecified atom stereocenters. The van der Waals surface area contributed by atoms with Crippen LogP contribution in [0.1, 0.15) is 69.3 Å². The highest BCUT2D eigenvalue weighted by Crippen LogP contribution is 2.46. The van der Waals surface area contributed by atoms with Crippen molar-refractivity contribution in [1.29, 1.82) is 0 Å². The minimum absolute atomic E-state index is 0.0342. The van der Waals surface area contributed by atoms with Gasteiger partial charge in [0.2, 0.25) is 0 Å². The number of nitrogens with zero attached hydrogens (tertiary/aromatic N) is 5. The molecule has 0 bridgehead atoms. The highest BCUT2D eigenvalue weighted by molar-refractivity contribution is 6.30. The van der Waals surface area contributed by atoms with Crippen molar-refractivity contribution in [3.05, 3.63) is 40.9 Å². The summed E-state index contributed by atoms with van der Waals surface area (Å²) in [7, 11) is 0. The molecule has 3 aromatic rings. The normalized spacial score (nSPS) is 22.8. The number of imidazole rings is 1. The Morgan fingerprint density at radius 2 is 2.06 bits per heavy atom. The van der Waals surface area contributed by atoms with Crippen LogP contribution in [-0.4, -0.2) is 49.7 Å². The zero-order chi connectivity index (χ0) is 24.3. The van der Waals surface area contributed by atoms with E-state index in [1.807, 2.05) is 23.9 Å². The van der Waals surface area contributed by atoms with Gasteiger partial charge in [-0.1, -0.05) is 18.5 Å². The molecule has 1 amide bonds. The zero-order valence-electron chi connectivity index (χ0n) is 20.4. The Kier molecular flexibility index (Phi) is 5.56. The fourth-order valence-electron chi connectivity index (χ4n) is 6.54. The monoisotopic (exact) mass is 496 g/mol. The average molecular weight is 497 g/mol. The minimum Gasteiger partial charge on any atom is -0.465 e. The number of aryl methyl sites for hydroxylation is 1. The van der Waals surface area contributed by atoms with Crippen LogP contribution in [0, 0.1) is 5.41 Å². The number of halogens is 1. The van der Waals surface area contributed by atoms with Crippen molar-refractivity contribution < 1.29 is 9.90 Å². The van der Waals surface area contributed by atoms with E-state index in [-0.39, 0.29) is 12.0 Å². The maximum absolute atomic E-state index is 12.1. The Balaban J connectivity index is 1.44. The van der Waals surface area contributed by atoms with Crippen molar-refractivity contribution in [3.8, 4) is 0 Å². The number of amides is 1. The SMILES string of the molecule is CC(Cn1cc(Cl)cn1)c1nc2c3c(ccc2n1C1CCC2(CC1)CNC2)N(C(=O)O)C(C)CC3. The fraction of sp³-hybridized carbons (Fsp3) is 0.577. The fourth-order valence-corrected chi connectivity index (χ4v) is 6.70. The molecule has 0 radical (unpaired) electrons. The van der Waals surface area contributed by atoms with Crippen LogP contribution in [-0.2, 0) is 13.0 Å². The first kappa shape index (κ1) is 22.9. The van der Waals surface area contributed by atoms with E-state index in [0.717, 1.165) is 66.9 Å². The lowest BCUT2D eigenvalue weighted by molar-refractivity contribution is 0.0841. The molecule has 186 valence electrons. The first-order valence-corrected chi connectivity index (χ1v) is 13.2. The molecule has 1 aromatic carbocycles. The van der Waals surface area contributed by atoms with E-state index in [4.69, 9.17) is 16.6 Å². The van der Waals surface area contributed by atoms with Gasteiger partial charge in [0, 0.05) is 42.9 Å². The summed E-state index contributed by atoms with van der Waals surface area (Å²) in [6.07, 6.45) is 9.05. The summed E-state index contributed by atoms with van der Waals surface area (Å²) in [5.41, 5.74) is 4.44. The third-order valence-electron chi connectivity index (χ3n) is 8.57. The number of carbonyl (C=O) groups is 1. The van der Waals surface area contributed by atoms with Gasteiger partial charge in [0.05, 0.1) is 34.5 Å². The molecule has 1 saturated heterocycles. The molecular weight excluding hydrogens is 464 g/mol. The Labute approximate surface area is 210 Å². The molecule has 1 aliphatic carbocycles. The Bertz CT molecular complexity index is 1270. The summed E-state index contributed by atoms with van der Waals surface area (Å²) in [6, 6.07) is 4.47. The topological polar surface area (TPSA) is 88.2 Å². The Morgan fingerprint density at radius 3 is 2.69 bits per heavy atom. The van der Waals surface area contributed by atoms with Gasteiger partial charge in [-0.25, -0.2) is 9.78 Å². The first-order valence-electron chi connectivity index (χ1n) is 12.8. The van der Waals surface area contributed by atoms with E-state index in [9.17, 15) is 9.90 Å². The van der Waals surface area contributed by atoms with E-state index < -0.39 is 6.09 Å². The van der Waals surface area contributed by atoms with Crippen molar-refractivity contribution in [3.63, 3.8) is 0 Å². The summed E-state index contributed by atoms with van der Waals surface area (Å²) in [5.74, 6) is 1.20. The summed E-state index contributed by atoms with van der Waals surface area (Å²) >= 11 is 6.12. The number of aromatic nitrogens is 4. The molecule has 1 spiro atoms. The second-order valence-electron chi connectivity index (χ2n) is 10.9. The molecule has 2 atom stereocenters. The van der Waals surface area contributed by atoms with Crippen LogP contribution in [0.2, 0.25) is 5.02 Å². The second-order valence-corrected chi connectivity index (χ2v) is 11.4. The molecule has 3 aliphatic rings. The molecule has 2 N–H and O–H groups in total. The zero-order valence-corrected chi connectivity index (χ0v) is 21.1. The summed E-state index contributed by atoms with van der Waals surface area (Å²) in [4.78, 5) is 18.8. The molecule has 9 heteroatoms. The van der Waals surface area contributed by atoms with E-state index in [1.165, 1.54) is 17.7 Å². The van der Waals surface area contributed by atoms with Gasteiger partial charge in [-0.2, -0.15) is 5.10 Å². The van der Waals surface area contributed by atoms with Gasteiger partial charge in [-0.3, -0.25) is 9.58 Å². The number of carboxylic acid groups (broad SMARTS) is 1. The van der Waals surface area contributed by atoms with Crippen molar-refractivity contribution in [2.75, 3.05) is 18.0 Å². The smallest absolute Gasteiger partial charge is 0.412 e. The van der Waals surface area contributed by atoms with Gasteiger partial charge in [0.15, 0.2) is 0 Å². The van der Waals surface area contributed by atoms with Gasteiger partial charge in [-0.05, 0) is 63.0 Å². The molecule has 4 heterocycles. The highest BCUT2D eigenvalue weighted by Gasteiger charge is 2.41. The minimum atomic E-state index is -0.895. The lowest BCUT2D eigenvalue weighted by atomic mass is 9.68. The number of nitrogens with one attached hydrogen (secondary N) is 1. The lowest BCUT2D eigenvalue weighted by Crippen LogP contribution is -2.54. The van der Waals surface area contributed by atoms with E-state index in [2.05, 4.69) is 28.0 Å². The lowest BCUT2D eigenvalue weighted by Gasteiger charge is -2.48. The van der Waals surface area contributed by atoms with Crippen molar-refractivity contribution in [2.24, 2.45) is 5.41 Å².